The zero-order valence-electron chi connectivity index (χ0n) is 10.1. The summed E-state index contributed by atoms with van der Waals surface area (Å²) in [5, 5.41) is 8.86. The van der Waals surface area contributed by atoms with Gasteiger partial charge in [0.2, 0.25) is 0 Å². The number of carbonyl (C=O) groups is 1. The molecule has 0 bridgehead atoms. The van der Waals surface area contributed by atoms with Gasteiger partial charge in [0.1, 0.15) is 11.6 Å². The van der Waals surface area contributed by atoms with Crippen molar-refractivity contribution in [2.75, 3.05) is 0 Å². The molecular weight excluding hydrogens is 306 g/mol. The number of hydrogen-bond acceptors (Lipinski definition) is 2. The van der Waals surface area contributed by atoms with Gasteiger partial charge in [-0.15, -0.1) is 11.8 Å². The summed E-state index contributed by atoms with van der Waals surface area (Å²) in [4.78, 5) is 11.4. The van der Waals surface area contributed by atoms with Crippen LogP contribution in [0.1, 0.15) is 15.9 Å². The second-order valence-corrected chi connectivity index (χ2v) is 5.40. The Balaban J connectivity index is 2.17. The lowest BCUT2D eigenvalue weighted by Crippen LogP contribution is -2.00. The zero-order valence-corrected chi connectivity index (χ0v) is 11.6. The normalized spacial score (nSPS) is 10.6. The Hall–Kier alpha value is -1.59. The van der Waals surface area contributed by atoms with Crippen molar-refractivity contribution >= 4 is 29.3 Å². The summed E-state index contributed by atoms with van der Waals surface area (Å²) in [5.74, 6) is -2.35. The summed E-state index contributed by atoms with van der Waals surface area (Å²) in [7, 11) is 0. The van der Waals surface area contributed by atoms with Crippen LogP contribution in [0, 0.1) is 11.6 Å². The first-order valence-electron chi connectivity index (χ1n) is 5.57. The molecule has 0 aliphatic rings. The fourth-order valence-corrected chi connectivity index (χ4v) is 2.68. The number of benzene rings is 2. The average molecular weight is 315 g/mol. The van der Waals surface area contributed by atoms with Crippen LogP contribution in [0.25, 0.3) is 0 Å². The molecule has 0 unspecified atom stereocenters. The second kappa shape index (κ2) is 6.24. The molecule has 0 radical (unpaired) electrons. The third-order valence-electron chi connectivity index (χ3n) is 2.59. The largest absolute Gasteiger partial charge is 0.478 e. The highest BCUT2D eigenvalue weighted by atomic mass is 35.5. The van der Waals surface area contributed by atoms with Gasteiger partial charge in [0.25, 0.3) is 0 Å². The van der Waals surface area contributed by atoms with E-state index in [1.54, 1.807) is 12.1 Å². The van der Waals surface area contributed by atoms with Gasteiger partial charge in [-0.25, -0.2) is 13.6 Å². The standard InChI is InChI=1S/C14H9ClF2O2S/c15-11-3-1-2-8(13(11)17)7-20-9-4-5-12(16)10(6-9)14(18)19/h1-6H,7H2,(H,18,19). The van der Waals surface area contributed by atoms with E-state index in [4.69, 9.17) is 16.7 Å². The van der Waals surface area contributed by atoms with E-state index in [1.165, 1.54) is 30.0 Å². The summed E-state index contributed by atoms with van der Waals surface area (Å²) < 4.78 is 26.9. The monoisotopic (exact) mass is 314 g/mol. The molecule has 2 rings (SSSR count). The first kappa shape index (κ1) is 14.8. The number of hydrogen-bond donors (Lipinski definition) is 1. The van der Waals surface area contributed by atoms with Crippen molar-refractivity contribution in [3.63, 3.8) is 0 Å². The number of thioether (sulfide) groups is 1. The van der Waals surface area contributed by atoms with Crippen LogP contribution < -0.4 is 0 Å². The zero-order chi connectivity index (χ0) is 14.7. The topological polar surface area (TPSA) is 37.3 Å². The fraction of sp³-hybridized carbons (Fsp3) is 0.0714. The molecule has 0 spiro atoms. The van der Waals surface area contributed by atoms with Gasteiger partial charge in [0.15, 0.2) is 0 Å². The Morgan fingerprint density at radius 2 is 2.00 bits per heavy atom. The van der Waals surface area contributed by atoms with Crippen LogP contribution in [0.15, 0.2) is 41.3 Å². The molecule has 2 nitrogen and oxygen atoms in total. The molecule has 104 valence electrons. The Kier molecular flexibility index (Phi) is 4.62. The second-order valence-electron chi connectivity index (χ2n) is 3.95. The highest BCUT2D eigenvalue weighted by Gasteiger charge is 2.12. The number of carboxylic acid groups (broad SMARTS) is 1. The quantitative estimate of drug-likeness (QED) is 0.837. The molecule has 0 amide bonds. The van der Waals surface area contributed by atoms with Gasteiger partial charge in [-0.1, -0.05) is 23.7 Å². The van der Waals surface area contributed by atoms with E-state index < -0.39 is 23.2 Å². The molecule has 1 N–H and O–H groups in total. The average Bonchev–Trinajstić information content (AvgIpc) is 2.41. The summed E-state index contributed by atoms with van der Waals surface area (Å²) in [5.41, 5.74) is 0.00488. The predicted octanol–water partition coefficient (Wildman–Crippen LogP) is 4.61. The van der Waals surface area contributed by atoms with Crippen LogP contribution in [0.5, 0.6) is 0 Å². The molecule has 2 aromatic rings. The van der Waals surface area contributed by atoms with Crippen LogP contribution in [0.3, 0.4) is 0 Å². The Morgan fingerprint density at radius 3 is 2.70 bits per heavy atom. The molecule has 0 saturated heterocycles. The molecule has 0 saturated carbocycles. The maximum Gasteiger partial charge on any atom is 0.338 e. The lowest BCUT2D eigenvalue weighted by Gasteiger charge is -2.06. The van der Waals surface area contributed by atoms with E-state index in [9.17, 15) is 13.6 Å². The van der Waals surface area contributed by atoms with Crippen LogP contribution in [0.4, 0.5) is 8.78 Å². The van der Waals surface area contributed by atoms with Crippen LogP contribution in [-0.2, 0) is 5.75 Å². The van der Waals surface area contributed by atoms with Gasteiger partial charge < -0.3 is 5.11 Å². The molecule has 0 heterocycles. The van der Waals surface area contributed by atoms with Gasteiger partial charge in [0.05, 0.1) is 10.6 Å². The van der Waals surface area contributed by atoms with E-state index in [0.717, 1.165) is 6.07 Å². The molecule has 20 heavy (non-hydrogen) atoms. The van der Waals surface area contributed by atoms with Crippen molar-refractivity contribution in [1.29, 1.82) is 0 Å². The summed E-state index contributed by atoms with van der Waals surface area (Å²) >= 11 is 6.88. The van der Waals surface area contributed by atoms with Crippen molar-refractivity contribution < 1.29 is 18.7 Å². The summed E-state index contributed by atoms with van der Waals surface area (Å²) in [6.45, 7) is 0. The van der Waals surface area contributed by atoms with Gasteiger partial charge in [-0.3, -0.25) is 0 Å². The molecule has 6 heteroatoms. The number of aromatic carboxylic acids is 1. The molecule has 0 aromatic heterocycles. The fourth-order valence-electron chi connectivity index (χ4n) is 1.58. The summed E-state index contributed by atoms with van der Waals surface area (Å²) in [6, 6.07) is 8.44. The molecule has 0 atom stereocenters. The minimum absolute atomic E-state index is 0.0356. The van der Waals surface area contributed by atoms with E-state index in [-0.39, 0.29) is 10.8 Å². The highest BCUT2D eigenvalue weighted by Crippen LogP contribution is 2.27. The van der Waals surface area contributed by atoms with E-state index in [0.29, 0.717) is 10.5 Å². The smallest absolute Gasteiger partial charge is 0.338 e. The van der Waals surface area contributed by atoms with E-state index in [1.807, 2.05) is 0 Å². The predicted molar refractivity (Wildman–Crippen MR) is 74.3 cm³/mol. The highest BCUT2D eigenvalue weighted by molar-refractivity contribution is 7.98. The minimum Gasteiger partial charge on any atom is -0.478 e. The molecule has 0 fully saturated rings. The number of halogens is 3. The summed E-state index contributed by atoms with van der Waals surface area (Å²) in [6.07, 6.45) is 0. The van der Waals surface area contributed by atoms with Crippen LogP contribution in [0.2, 0.25) is 5.02 Å². The Labute approximate surface area is 123 Å². The van der Waals surface area contributed by atoms with Crippen molar-refractivity contribution in [2.45, 2.75) is 10.6 Å². The Bertz CT molecular complexity index is 662. The lowest BCUT2D eigenvalue weighted by molar-refractivity contribution is 0.0691. The molecular formula is C14H9ClF2O2S. The van der Waals surface area contributed by atoms with E-state index >= 15 is 0 Å². The van der Waals surface area contributed by atoms with Gasteiger partial charge in [-0.05, 0) is 29.8 Å². The van der Waals surface area contributed by atoms with Crippen LogP contribution in [-0.4, -0.2) is 11.1 Å². The molecule has 0 aliphatic heterocycles. The first-order chi connectivity index (χ1) is 9.49. The van der Waals surface area contributed by atoms with E-state index in [2.05, 4.69) is 0 Å². The third kappa shape index (κ3) is 3.29. The minimum atomic E-state index is -1.33. The van der Waals surface area contributed by atoms with Crippen molar-refractivity contribution in [3.8, 4) is 0 Å². The Morgan fingerprint density at radius 1 is 1.25 bits per heavy atom. The van der Waals surface area contributed by atoms with Gasteiger partial charge in [0, 0.05) is 10.6 Å². The maximum atomic E-state index is 13.7. The van der Waals surface area contributed by atoms with Gasteiger partial charge in [-0.2, -0.15) is 0 Å². The lowest BCUT2D eigenvalue weighted by atomic mass is 10.2. The molecule has 2 aromatic carbocycles. The van der Waals surface area contributed by atoms with Crippen molar-refractivity contribution in [3.05, 3.63) is 64.2 Å². The molecule has 0 aliphatic carbocycles. The number of carboxylic acids is 1. The van der Waals surface area contributed by atoms with Crippen molar-refractivity contribution in [1.82, 2.24) is 0 Å². The maximum absolute atomic E-state index is 13.7. The first-order valence-corrected chi connectivity index (χ1v) is 6.94. The van der Waals surface area contributed by atoms with Gasteiger partial charge >= 0.3 is 5.97 Å². The SMILES string of the molecule is O=C(O)c1cc(SCc2cccc(Cl)c2F)ccc1F. The third-order valence-corrected chi connectivity index (χ3v) is 3.93. The number of rotatable bonds is 4. The van der Waals surface area contributed by atoms with Crippen molar-refractivity contribution in [2.24, 2.45) is 0 Å². The van der Waals surface area contributed by atoms with Crippen LogP contribution >= 0.6 is 23.4 Å².